The quantitative estimate of drug-likeness (QED) is 0.571. The van der Waals surface area contributed by atoms with Crippen molar-refractivity contribution >= 4 is 34.1 Å². The molecule has 1 atom stereocenters. The summed E-state index contributed by atoms with van der Waals surface area (Å²) in [6, 6.07) is 0. The van der Waals surface area contributed by atoms with Gasteiger partial charge in [0.2, 0.25) is 5.91 Å². The highest BCUT2D eigenvalue weighted by Crippen LogP contribution is 2.29. The van der Waals surface area contributed by atoms with Crippen molar-refractivity contribution in [3.05, 3.63) is 32.8 Å². The summed E-state index contributed by atoms with van der Waals surface area (Å²) in [6.45, 7) is 3.25. The number of thioether (sulfide) groups is 1. The Morgan fingerprint density at radius 2 is 2.21 bits per heavy atom. The molecular weight excluding hydrogens is 396 g/mol. The van der Waals surface area contributed by atoms with E-state index in [9.17, 15) is 9.59 Å². The summed E-state index contributed by atoms with van der Waals surface area (Å²) in [4.78, 5) is 33.5. The summed E-state index contributed by atoms with van der Waals surface area (Å²) in [5.74, 6) is 0.0852. The second-order valence-electron chi connectivity index (χ2n) is 7.21. The zero-order chi connectivity index (χ0) is 19.5. The maximum Gasteiger partial charge on any atom is 0.348 e. The Hall–Kier alpha value is -1.71. The van der Waals surface area contributed by atoms with Gasteiger partial charge in [-0.2, -0.15) is 4.98 Å². The first kappa shape index (κ1) is 19.6. The molecule has 2 aliphatic rings. The van der Waals surface area contributed by atoms with Gasteiger partial charge >= 0.3 is 5.69 Å². The number of nitrogens with zero attached hydrogens (tertiary/aromatic N) is 3. The van der Waals surface area contributed by atoms with Crippen LogP contribution < -0.4 is 11.0 Å². The maximum absolute atomic E-state index is 12.7. The van der Waals surface area contributed by atoms with Crippen LogP contribution in [-0.4, -0.2) is 38.9 Å². The fourth-order valence-corrected chi connectivity index (χ4v) is 5.33. The Kier molecular flexibility index (Phi) is 6.13. The molecule has 2 aromatic rings. The first-order valence-electron chi connectivity index (χ1n) is 9.69. The molecule has 3 heterocycles. The number of anilines is 1. The minimum absolute atomic E-state index is 0.108. The number of rotatable bonds is 6. The van der Waals surface area contributed by atoms with Crippen LogP contribution in [0.15, 0.2) is 15.2 Å². The van der Waals surface area contributed by atoms with Crippen molar-refractivity contribution in [3.8, 4) is 0 Å². The first-order valence-corrected chi connectivity index (χ1v) is 11.6. The monoisotopic (exact) mass is 420 g/mol. The number of carbonyl (C=O) groups is 1. The number of aryl methyl sites for hydroxylation is 1. The van der Waals surface area contributed by atoms with Crippen LogP contribution >= 0.6 is 23.1 Å². The van der Waals surface area contributed by atoms with Gasteiger partial charge in [0.25, 0.3) is 0 Å². The van der Waals surface area contributed by atoms with Crippen molar-refractivity contribution in [2.45, 2.75) is 63.1 Å². The van der Waals surface area contributed by atoms with Gasteiger partial charge in [0.1, 0.15) is 5.03 Å². The van der Waals surface area contributed by atoms with Crippen LogP contribution in [0.4, 0.5) is 5.13 Å². The van der Waals surface area contributed by atoms with E-state index in [1.165, 1.54) is 23.1 Å². The van der Waals surface area contributed by atoms with Gasteiger partial charge in [-0.05, 0) is 45.4 Å². The van der Waals surface area contributed by atoms with E-state index < -0.39 is 0 Å². The van der Waals surface area contributed by atoms with Crippen LogP contribution in [0.1, 0.15) is 42.6 Å². The van der Waals surface area contributed by atoms with Crippen molar-refractivity contribution in [2.75, 3.05) is 17.7 Å². The molecule has 7 nitrogen and oxygen atoms in total. The Bertz CT molecular complexity index is 918. The Morgan fingerprint density at radius 3 is 2.96 bits per heavy atom. The summed E-state index contributed by atoms with van der Waals surface area (Å²) >= 11 is 2.75. The van der Waals surface area contributed by atoms with E-state index in [0.717, 1.165) is 62.1 Å². The number of carbonyl (C=O) groups excluding carboxylic acids is 1. The van der Waals surface area contributed by atoms with E-state index >= 15 is 0 Å². The highest BCUT2D eigenvalue weighted by atomic mass is 32.2. The third-order valence-corrected chi connectivity index (χ3v) is 6.96. The molecule has 0 unspecified atom stereocenters. The molecule has 0 bridgehead atoms. The summed E-state index contributed by atoms with van der Waals surface area (Å²) < 4.78 is 7.53. The molecule has 0 radical (unpaired) electrons. The molecule has 1 fully saturated rings. The van der Waals surface area contributed by atoms with Gasteiger partial charge < -0.3 is 10.1 Å². The van der Waals surface area contributed by atoms with E-state index in [-0.39, 0.29) is 23.5 Å². The SMILES string of the molecule is Cc1csc(NC(=O)CSc2nc(=O)n(C[C@@H]3CCCO3)c3c2CCCC3)n1. The van der Waals surface area contributed by atoms with Crippen LogP contribution in [0, 0.1) is 6.92 Å². The number of ether oxygens (including phenoxy) is 1. The molecule has 4 rings (SSSR count). The standard InChI is InChI=1S/C19H24N4O3S2/c1-12-10-28-18(20-12)21-16(24)11-27-17-14-6-2-3-7-15(14)23(19(25)22-17)9-13-5-4-8-26-13/h10,13H,2-9,11H2,1H3,(H,20,21,24)/t13-/m0/s1. The minimum Gasteiger partial charge on any atom is -0.376 e. The molecule has 28 heavy (non-hydrogen) atoms. The van der Waals surface area contributed by atoms with Gasteiger partial charge in [-0.25, -0.2) is 9.78 Å². The Labute approximate surface area is 171 Å². The van der Waals surface area contributed by atoms with E-state index in [0.29, 0.717) is 16.7 Å². The van der Waals surface area contributed by atoms with E-state index in [4.69, 9.17) is 4.74 Å². The zero-order valence-electron chi connectivity index (χ0n) is 15.9. The lowest BCUT2D eigenvalue weighted by Gasteiger charge is -2.24. The number of hydrogen-bond acceptors (Lipinski definition) is 7. The second kappa shape index (κ2) is 8.75. The first-order chi connectivity index (χ1) is 13.6. The normalized spacial score (nSPS) is 18.8. The van der Waals surface area contributed by atoms with Crippen molar-refractivity contribution in [3.63, 3.8) is 0 Å². The lowest BCUT2D eigenvalue weighted by atomic mass is 9.97. The lowest BCUT2D eigenvalue weighted by Crippen LogP contribution is -2.34. The summed E-state index contributed by atoms with van der Waals surface area (Å²) in [5, 5.41) is 6.01. The number of amides is 1. The van der Waals surface area contributed by atoms with Crippen LogP contribution in [0.25, 0.3) is 0 Å². The number of thiazole rings is 1. The summed E-state index contributed by atoms with van der Waals surface area (Å²) in [7, 11) is 0. The average Bonchev–Trinajstić information content (AvgIpc) is 3.34. The topological polar surface area (TPSA) is 86.1 Å². The smallest absolute Gasteiger partial charge is 0.348 e. The molecule has 0 aromatic carbocycles. The average molecular weight is 421 g/mol. The van der Waals surface area contributed by atoms with Gasteiger partial charge in [-0.3, -0.25) is 9.36 Å². The highest BCUT2D eigenvalue weighted by molar-refractivity contribution is 8.00. The zero-order valence-corrected chi connectivity index (χ0v) is 17.5. The van der Waals surface area contributed by atoms with Gasteiger partial charge in [0, 0.05) is 23.2 Å². The van der Waals surface area contributed by atoms with E-state index in [2.05, 4.69) is 15.3 Å². The number of nitrogens with one attached hydrogen (secondary N) is 1. The molecule has 1 amide bonds. The minimum atomic E-state index is -0.227. The fourth-order valence-electron chi connectivity index (χ4n) is 3.75. The Morgan fingerprint density at radius 1 is 1.36 bits per heavy atom. The Balaban J connectivity index is 1.49. The van der Waals surface area contributed by atoms with Gasteiger partial charge in [-0.15, -0.1) is 11.3 Å². The molecule has 0 saturated carbocycles. The summed E-state index contributed by atoms with van der Waals surface area (Å²) in [6.07, 6.45) is 6.12. The molecule has 1 aliphatic carbocycles. The summed E-state index contributed by atoms with van der Waals surface area (Å²) in [5.41, 5.74) is 2.88. The molecular formula is C19H24N4O3S2. The molecule has 1 aliphatic heterocycles. The molecule has 1 saturated heterocycles. The third-order valence-electron chi connectivity index (χ3n) is 5.07. The fraction of sp³-hybridized carbons (Fsp3) is 0.579. The second-order valence-corrected chi connectivity index (χ2v) is 9.03. The van der Waals surface area contributed by atoms with Crippen LogP contribution in [-0.2, 0) is 28.9 Å². The molecule has 9 heteroatoms. The lowest BCUT2D eigenvalue weighted by molar-refractivity contribution is -0.113. The van der Waals surface area contributed by atoms with Crippen LogP contribution in [0.2, 0.25) is 0 Å². The van der Waals surface area contributed by atoms with Crippen LogP contribution in [0.5, 0.6) is 0 Å². The van der Waals surface area contributed by atoms with Gasteiger partial charge in [0.05, 0.1) is 24.1 Å². The molecule has 150 valence electrons. The largest absolute Gasteiger partial charge is 0.376 e. The van der Waals surface area contributed by atoms with Crippen molar-refractivity contribution in [1.29, 1.82) is 0 Å². The predicted octanol–water partition coefficient (Wildman–Crippen LogP) is 2.80. The number of fused-ring (bicyclic) bond motifs is 1. The van der Waals surface area contributed by atoms with Gasteiger partial charge in [0.15, 0.2) is 5.13 Å². The predicted molar refractivity (Wildman–Crippen MR) is 110 cm³/mol. The van der Waals surface area contributed by atoms with Crippen molar-refractivity contribution < 1.29 is 9.53 Å². The molecule has 1 N–H and O–H groups in total. The number of aromatic nitrogens is 3. The molecule has 2 aromatic heterocycles. The van der Waals surface area contributed by atoms with Crippen molar-refractivity contribution in [1.82, 2.24) is 14.5 Å². The highest BCUT2D eigenvalue weighted by Gasteiger charge is 2.24. The van der Waals surface area contributed by atoms with E-state index in [1.54, 1.807) is 0 Å². The van der Waals surface area contributed by atoms with Gasteiger partial charge in [-0.1, -0.05) is 11.8 Å². The third kappa shape index (κ3) is 4.47. The maximum atomic E-state index is 12.7. The molecule has 0 spiro atoms. The van der Waals surface area contributed by atoms with Crippen molar-refractivity contribution in [2.24, 2.45) is 0 Å². The van der Waals surface area contributed by atoms with Crippen LogP contribution in [0.3, 0.4) is 0 Å². The van der Waals surface area contributed by atoms with E-state index in [1.807, 2.05) is 16.9 Å². The number of hydrogen-bond donors (Lipinski definition) is 1.